The van der Waals surface area contributed by atoms with Crippen molar-refractivity contribution in [3.63, 3.8) is 0 Å². The highest BCUT2D eigenvalue weighted by Crippen LogP contribution is 2.33. The maximum Gasteiger partial charge on any atom is 0.414 e. The van der Waals surface area contributed by atoms with Crippen molar-refractivity contribution in [2.45, 2.75) is 37.6 Å². The van der Waals surface area contributed by atoms with Crippen LogP contribution in [0.3, 0.4) is 0 Å². The number of fused-ring (bicyclic) bond motifs is 1. The van der Waals surface area contributed by atoms with Crippen molar-refractivity contribution in [2.75, 3.05) is 31.7 Å². The van der Waals surface area contributed by atoms with Crippen LogP contribution in [0, 0.1) is 5.92 Å². The number of benzene rings is 2. The number of amidine groups is 1. The molecule has 33 heavy (non-hydrogen) atoms. The van der Waals surface area contributed by atoms with Crippen molar-refractivity contribution in [1.29, 1.82) is 0 Å². The minimum atomic E-state index is -3.89. The Hall–Kier alpha value is -3.07. The van der Waals surface area contributed by atoms with Gasteiger partial charge in [-0.15, -0.1) is 0 Å². The van der Waals surface area contributed by atoms with E-state index in [0.717, 1.165) is 17.5 Å². The van der Waals surface area contributed by atoms with Gasteiger partial charge in [-0.1, -0.05) is 44.2 Å². The van der Waals surface area contributed by atoms with Gasteiger partial charge in [0.1, 0.15) is 0 Å². The molecule has 1 unspecified atom stereocenters. The first-order chi connectivity index (χ1) is 15.8. The molecule has 4 rings (SSSR count). The average Bonchev–Trinajstić information content (AvgIpc) is 3.28. The molecule has 0 aromatic heterocycles. The molecule has 1 amide bonds. The summed E-state index contributed by atoms with van der Waals surface area (Å²) in [4.78, 5) is 18.8. The quantitative estimate of drug-likeness (QED) is 0.658. The van der Waals surface area contributed by atoms with Gasteiger partial charge in [0.15, 0.2) is 0 Å². The third-order valence-corrected chi connectivity index (χ3v) is 7.44. The van der Waals surface area contributed by atoms with Gasteiger partial charge in [-0.3, -0.25) is 4.90 Å². The lowest BCUT2D eigenvalue weighted by Gasteiger charge is -2.29. The number of rotatable bonds is 5. The summed E-state index contributed by atoms with van der Waals surface area (Å²) in [5, 5.41) is 0. The molecule has 0 N–H and O–H groups in total. The molecule has 0 saturated carbocycles. The van der Waals surface area contributed by atoms with E-state index in [9.17, 15) is 13.2 Å². The van der Waals surface area contributed by atoms with Crippen LogP contribution < -0.4 is 4.90 Å². The molecule has 0 aliphatic carbocycles. The van der Waals surface area contributed by atoms with E-state index in [1.165, 1.54) is 17.5 Å². The van der Waals surface area contributed by atoms with Gasteiger partial charge in [-0.2, -0.15) is 0 Å². The second-order valence-electron chi connectivity index (χ2n) is 8.59. The molecule has 0 saturated heterocycles. The van der Waals surface area contributed by atoms with E-state index < -0.39 is 16.1 Å². The molecule has 0 fully saturated rings. The van der Waals surface area contributed by atoms with Crippen LogP contribution in [0.5, 0.6) is 0 Å². The molecule has 2 aromatic carbocycles. The van der Waals surface area contributed by atoms with E-state index in [1.807, 2.05) is 44.2 Å². The molecule has 0 spiro atoms. The maximum absolute atomic E-state index is 13.5. The monoisotopic (exact) mass is 471 g/mol. The van der Waals surface area contributed by atoms with Crippen molar-refractivity contribution in [3.8, 4) is 0 Å². The van der Waals surface area contributed by atoms with Crippen LogP contribution in [0.4, 0.5) is 10.5 Å². The average molecular weight is 472 g/mol. The lowest BCUT2D eigenvalue weighted by atomic mass is 10.0. The van der Waals surface area contributed by atoms with Gasteiger partial charge in [-0.25, -0.2) is 22.5 Å². The molecule has 176 valence electrons. The summed E-state index contributed by atoms with van der Waals surface area (Å²) in [6, 6.07) is 14.1. The summed E-state index contributed by atoms with van der Waals surface area (Å²) in [6.45, 7) is 5.01. The van der Waals surface area contributed by atoms with E-state index in [1.54, 1.807) is 17.0 Å². The Morgan fingerprint density at radius 1 is 1.18 bits per heavy atom. The smallest absolute Gasteiger partial charge is 0.414 e. The van der Waals surface area contributed by atoms with E-state index in [4.69, 9.17) is 9.47 Å². The van der Waals surface area contributed by atoms with Gasteiger partial charge >= 0.3 is 12.1 Å². The summed E-state index contributed by atoms with van der Waals surface area (Å²) < 4.78 is 39.0. The Labute approximate surface area is 194 Å². The van der Waals surface area contributed by atoms with Crippen LogP contribution in [0.25, 0.3) is 0 Å². The molecule has 0 radical (unpaired) electrons. The number of aliphatic imine (C=N–C) groups is 1. The minimum Gasteiger partial charge on any atom is -0.468 e. The van der Waals surface area contributed by atoms with Gasteiger partial charge in [0.2, 0.25) is 0 Å². The Morgan fingerprint density at radius 3 is 2.64 bits per heavy atom. The minimum absolute atomic E-state index is 0.0699. The fourth-order valence-corrected chi connectivity index (χ4v) is 5.50. The Bertz CT molecular complexity index is 1150. The van der Waals surface area contributed by atoms with Gasteiger partial charge in [0.05, 0.1) is 36.9 Å². The van der Waals surface area contributed by atoms with Gasteiger partial charge < -0.3 is 9.47 Å². The zero-order valence-electron chi connectivity index (χ0n) is 19.1. The first kappa shape index (κ1) is 23.1. The van der Waals surface area contributed by atoms with Crippen molar-refractivity contribution in [1.82, 2.24) is 4.31 Å². The molecular formula is C24H29N3O5S. The topological polar surface area (TPSA) is 88.5 Å². The molecule has 9 heteroatoms. The lowest BCUT2D eigenvalue weighted by molar-refractivity contribution is 0.139. The number of hydrogen-bond acceptors (Lipinski definition) is 6. The summed E-state index contributed by atoms with van der Waals surface area (Å²) in [5.74, 6) is 0.238. The predicted octanol–water partition coefficient (Wildman–Crippen LogP) is 3.98. The summed E-state index contributed by atoms with van der Waals surface area (Å²) >= 11 is 0. The number of carbonyl (C=O) groups excluding carboxylic acids is 1. The Morgan fingerprint density at radius 2 is 1.94 bits per heavy atom. The number of ether oxygens (including phenoxy) is 2. The van der Waals surface area contributed by atoms with Crippen molar-refractivity contribution in [3.05, 3.63) is 59.7 Å². The number of carbonyl (C=O) groups is 1. The standard InChI is InChI=1S/C24H29N3O5S/c1-17(2)16-32-24(28)26-13-7-10-19-14-20(11-12-22(19)26)33(29,30)27-15-21(25-23(27)31-3)18-8-5-4-6-9-18/h4-6,8-9,11-12,14,17,21H,7,10,13,15-16H2,1-3H3. The fourth-order valence-electron chi connectivity index (χ4n) is 4.05. The molecule has 8 nitrogen and oxygen atoms in total. The zero-order valence-corrected chi connectivity index (χ0v) is 19.9. The molecule has 2 heterocycles. The van der Waals surface area contributed by atoms with E-state index in [0.29, 0.717) is 25.3 Å². The molecule has 2 aliphatic rings. The first-order valence-corrected chi connectivity index (χ1v) is 12.5. The summed E-state index contributed by atoms with van der Waals surface area (Å²) in [5.41, 5.74) is 2.42. The van der Waals surface area contributed by atoms with Crippen molar-refractivity contribution in [2.24, 2.45) is 10.9 Å². The number of hydrogen-bond donors (Lipinski definition) is 0. The molecule has 2 aromatic rings. The van der Waals surface area contributed by atoms with E-state index in [-0.39, 0.29) is 29.4 Å². The lowest BCUT2D eigenvalue weighted by Crippen LogP contribution is -2.37. The predicted molar refractivity (Wildman–Crippen MR) is 126 cm³/mol. The van der Waals surface area contributed by atoms with Crippen LogP contribution >= 0.6 is 0 Å². The van der Waals surface area contributed by atoms with Crippen LogP contribution in [0.1, 0.15) is 37.4 Å². The van der Waals surface area contributed by atoms with Crippen molar-refractivity contribution < 1.29 is 22.7 Å². The SMILES string of the molecule is COC1=NC(c2ccccc2)CN1S(=O)(=O)c1ccc2c(c1)CCCN2C(=O)OCC(C)C. The molecular weight excluding hydrogens is 442 g/mol. The molecule has 2 aliphatic heterocycles. The number of sulfonamides is 1. The zero-order chi connectivity index (χ0) is 23.6. The maximum atomic E-state index is 13.5. The van der Waals surface area contributed by atoms with Crippen LogP contribution in [0.2, 0.25) is 0 Å². The normalized spacial score (nSPS) is 18.2. The highest BCUT2D eigenvalue weighted by Gasteiger charge is 2.37. The number of amides is 1. The van der Waals surface area contributed by atoms with Crippen LogP contribution in [-0.2, 0) is 25.9 Å². The van der Waals surface area contributed by atoms with Crippen molar-refractivity contribution >= 4 is 27.8 Å². The highest BCUT2D eigenvalue weighted by atomic mass is 32.2. The van der Waals surface area contributed by atoms with Gasteiger partial charge in [0, 0.05) is 6.54 Å². The van der Waals surface area contributed by atoms with E-state index >= 15 is 0 Å². The number of anilines is 1. The third-order valence-electron chi connectivity index (χ3n) is 5.70. The second-order valence-corrected chi connectivity index (χ2v) is 10.5. The third kappa shape index (κ3) is 4.68. The fraction of sp³-hybridized carbons (Fsp3) is 0.417. The van der Waals surface area contributed by atoms with Crippen LogP contribution in [0.15, 0.2) is 58.4 Å². The number of aryl methyl sites for hydroxylation is 1. The second kappa shape index (κ2) is 9.43. The Balaban J connectivity index is 1.59. The highest BCUT2D eigenvalue weighted by molar-refractivity contribution is 7.89. The summed E-state index contributed by atoms with van der Waals surface area (Å²) in [6.07, 6.45) is 1.02. The van der Waals surface area contributed by atoms with Crippen LogP contribution in [-0.4, -0.2) is 51.6 Å². The first-order valence-electron chi connectivity index (χ1n) is 11.1. The largest absolute Gasteiger partial charge is 0.468 e. The molecule has 0 bridgehead atoms. The number of nitrogens with zero attached hydrogens (tertiary/aromatic N) is 3. The van der Waals surface area contributed by atoms with Gasteiger partial charge in [0.25, 0.3) is 10.0 Å². The Kier molecular flexibility index (Phi) is 6.60. The summed E-state index contributed by atoms with van der Waals surface area (Å²) in [7, 11) is -2.47. The van der Waals surface area contributed by atoms with Gasteiger partial charge in [-0.05, 0) is 48.1 Å². The number of methoxy groups -OCH3 is 1. The van der Waals surface area contributed by atoms with E-state index in [2.05, 4.69) is 4.99 Å². The molecule has 1 atom stereocenters.